The van der Waals surface area contributed by atoms with Gasteiger partial charge < -0.3 is 10.1 Å². The lowest BCUT2D eigenvalue weighted by molar-refractivity contribution is 0.0878. The summed E-state index contributed by atoms with van der Waals surface area (Å²) in [4.78, 5) is 36.0. The van der Waals surface area contributed by atoms with Gasteiger partial charge in [-0.2, -0.15) is 4.31 Å². The van der Waals surface area contributed by atoms with Gasteiger partial charge in [0.2, 0.25) is 10.0 Å². The normalized spacial score (nSPS) is 18.2. The van der Waals surface area contributed by atoms with Crippen LogP contribution in [0.5, 0.6) is 0 Å². The van der Waals surface area contributed by atoms with Crippen molar-refractivity contribution in [3.63, 3.8) is 0 Å². The second kappa shape index (κ2) is 8.22. The molecule has 2 aliphatic heterocycles. The van der Waals surface area contributed by atoms with Crippen LogP contribution in [0, 0.1) is 0 Å². The molecule has 9 nitrogen and oxygen atoms in total. The Morgan fingerprint density at radius 1 is 1.13 bits per heavy atom. The lowest BCUT2D eigenvalue weighted by Gasteiger charge is -2.20. The molecule has 0 saturated carbocycles. The Balaban J connectivity index is 1.45. The smallest absolute Gasteiger partial charge is 0.259 e. The first kappa shape index (κ1) is 21.2. The van der Waals surface area contributed by atoms with E-state index in [1.165, 1.54) is 53.8 Å². The zero-order chi connectivity index (χ0) is 22.2. The molecule has 1 atom stereocenters. The van der Waals surface area contributed by atoms with Gasteiger partial charge in [0.05, 0.1) is 22.1 Å². The second-order valence-electron chi connectivity index (χ2n) is 7.44. The Morgan fingerprint density at radius 2 is 1.84 bits per heavy atom. The van der Waals surface area contributed by atoms with Gasteiger partial charge in [-0.15, -0.1) is 0 Å². The highest BCUT2D eigenvalue weighted by Gasteiger charge is 2.28. The number of carbonyl (C=O) groups is 3. The molecular weight excluding hydrogens is 422 g/mol. The molecular formula is C21H21N3O6S. The fourth-order valence-corrected chi connectivity index (χ4v) is 4.78. The van der Waals surface area contributed by atoms with Crippen molar-refractivity contribution in [2.45, 2.75) is 23.8 Å². The van der Waals surface area contributed by atoms with Crippen molar-refractivity contribution in [2.75, 3.05) is 25.5 Å². The van der Waals surface area contributed by atoms with Crippen LogP contribution in [-0.4, -0.2) is 56.7 Å². The molecule has 1 fully saturated rings. The van der Waals surface area contributed by atoms with Gasteiger partial charge in [-0.1, -0.05) is 0 Å². The van der Waals surface area contributed by atoms with E-state index in [4.69, 9.17) is 4.74 Å². The lowest BCUT2D eigenvalue weighted by Crippen LogP contribution is -2.34. The monoisotopic (exact) mass is 443 g/mol. The van der Waals surface area contributed by atoms with E-state index in [9.17, 15) is 22.8 Å². The molecule has 2 aliphatic rings. The molecule has 10 heteroatoms. The minimum Gasteiger partial charge on any atom is -0.377 e. The van der Waals surface area contributed by atoms with Gasteiger partial charge in [0, 0.05) is 31.5 Å². The van der Waals surface area contributed by atoms with Crippen LogP contribution in [0.4, 0.5) is 5.69 Å². The number of hydrogen-bond acceptors (Lipinski definition) is 6. The quantitative estimate of drug-likeness (QED) is 0.655. The minimum absolute atomic E-state index is 0.0808. The molecule has 2 N–H and O–H groups in total. The number of hydrogen-bond donors (Lipinski definition) is 2. The maximum Gasteiger partial charge on any atom is 0.259 e. The topological polar surface area (TPSA) is 122 Å². The number of ether oxygens (including phenoxy) is 1. The number of carbonyl (C=O) groups excluding carboxylic acids is 3. The third-order valence-electron chi connectivity index (χ3n) is 5.30. The van der Waals surface area contributed by atoms with E-state index >= 15 is 0 Å². The van der Waals surface area contributed by atoms with Crippen molar-refractivity contribution in [1.29, 1.82) is 0 Å². The zero-order valence-electron chi connectivity index (χ0n) is 16.8. The highest BCUT2D eigenvalue weighted by atomic mass is 32.2. The molecule has 2 heterocycles. The number of imide groups is 1. The molecule has 0 spiro atoms. The number of likely N-dealkylation sites (N-methyl/N-ethyl adjacent to an activating group) is 1. The molecule has 0 bridgehead atoms. The molecule has 1 saturated heterocycles. The Hall–Kier alpha value is -3.08. The Kier molecular flexibility index (Phi) is 5.61. The number of nitrogens with zero attached hydrogens (tertiary/aromatic N) is 1. The summed E-state index contributed by atoms with van der Waals surface area (Å²) in [5.74, 6) is -1.46. The molecule has 0 aliphatic carbocycles. The van der Waals surface area contributed by atoms with E-state index in [0.717, 1.165) is 12.8 Å². The van der Waals surface area contributed by atoms with Crippen LogP contribution in [0.25, 0.3) is 0 Å². The SMILES string of the molecule is CN(C[C@H]1CCCO1)S(=O)(=O)c1ccc(C(=O)Nc2ccc3c(c2)C(=O)NC3=O)cc1. The van der Waals surface area contributed by atoms with Crippen molar-refractivity contribution >= 4 is 33.4 Å². The Labute approximate surface area is 179 Å². The van der Waals surface area contributed by atoms with Crippen molar-refractivity contribution in [2.24, 2.45) is 0 Å². The van der Waals surface area contributed by atoms with Crippen LogP contribution >= 0.6 is 0 Å². The second-order valence-corrected chi connectivity index (χ2v) is 9.49. The first-order chi connectivity index (χ1) is 14.8. The number of fused-ring (bicyclic) bond motifs is 1. The third kappa shape index (κ3) is 4.22. The largest absolute Gasteiger partial charge is 0.377 e. The number of nitrogens with one attached hydrogen (secondary N) is 2. The van der Waals surface area contributed by atoms with E-state index in [0.29, 0.717) is 12.3 Å². The van der Waals surface area contributed by atoms with Gasteiger partial charge in [0.15, 0.2) is 0 Å². The van der Waals surface area contributed by atoms with Crippen LogP contribution in [0.1, 0.15) is 43.9 Å². The molecule has 0 aromatic heterocycles. The summed E-state index contributed by atoms with van der Waals surface area (Å²) in [5.41, 5.74) is 1.05. The molecule has 3 amide bonds. The summed E-state index contributed by atoms with van der Waals surface area (Å²) in [6, 6.07) is 10.0. The summed E-state index contributed by atoms with van der Waals surface area (Å²) >= 11 is 0. The number of benzene rings is 2. The van der Waals surface area contributed by atoms with Gasteiger partial charge in [-0.25, -0.2) is 8.42 Å². The van der Waals surface area contributed by atoms with Crippen LogP contribution in [0.2, 0.25) is 0 Å². The molecule has 4 rings (SSSR count). The van der Waals surface area contributed by atoms with Gasteiger partial charge in [-0.05, 0) is 55.3 Å². The van der Waals surface area contributed by atoms with E-state index in [2.05, 4.69) is 10.6 Å². The first-order valence-corrected chi connectivity index (χ1v) is 11.2. The number of amides is 3. The summed E-state index contributed by atoms with van der Waals surface area (Å²) in [5, 5.41) is 4.83. The van der Waals surface area contributed by atoms with Gasteiger partial charge in [0.1, 0.15) is 0 Å². The number of sulfonamides is 1. The maximum absolute atomic E-state index is 12.8. The van der Waals surface area contributed by atoms with Crippen molar-refractivity contribution in [1.82, 2.24) is 9.62 Å². The average Bonchev–Trinajstić information content (AvgIpc) is 3.36. The van der Waals surface area contributed by atoms with Crippen molar-refractivity contribution in [3.8, 4) is 0 Å². The van der Waals surface area contributed by atoms with Crippen molar-refractivity contribution in [3.05, 3.63) is 59.2 Å². The van der Waals surface area contributed by atoms with Gasteiger partial charge >= 0.3 is 0 Å². The zero-order valence-corrected chi connectivity index (χ0v) is 17.6. The summed E-state index contributed by atoms with van der Waals surface area (Å²) in [6.45, 7) is 0.923. The van der Waals surface area contributed by atoms with Crippen LogP contribution in [-0.2, 0) is 14.8 Å². The van der Waals surface area contributed by atoms with E-state index in [1.807, 2.05) is 0 Å². The summed E-state index contributed by atoms with van der Waals surface area (Å²) < 4.78 is 32.3. The molecule has 2 aromatic carbocycles. The predicted molar refractivity (Wildman–Crippen MR) is 111 cm³/mol. The third-order valence-corrected chi connectivity index (χ3v) is 7.14. The van der Waals surface area contributed by atoms with Gasteiger partial charge in [0.25, 0.3) is 17.7 Å². The minimum atomic E-state index is -3.70. The first-order valence-electron chi connectivity index (χ1n) is 9.75. The summed E-state index contributed by atoms with van der Waals surface area (Å²) in [6.07, 6.45) is 1.65. The molecule has 31 heavy (non-hydrogen) atoms. The number of rotatable bonds is 6. The lowest BCUT2D eigenvalue weighted by atomic mass is 10.1. The Morgan fingerprint density at radius 3 is 2.52 bits per heavy atom. The highest BCUT2D eigenvalue weighted by Crippen LogP contribution is 2.22. The molecule has 0 radical (unpaired) electrons. The molecule has 2 aromatic rings. The average molecular weight is 443 g/mol. The van der Waals surface area contributed by atoms with Crippen molar-refractivity contribution < 1.29 is 27.5 Å². The predicted octanol–water partition coefficient (Wildman–Crippen LogP) is 1.62. The van der Waals surface area contributed by atoms with E-state index in [-0.39, 0.29) is 34.2 Å². The van der Waals surface area contributed by atoms with E-state index in [1.54, 1.807) is 0 Å². The van der Waals surface area contributed by atoms with Crippen LogP contribution < -0.4 is 10.6 Å². The molecule has 0 unspecified atom stereocenters. The van der Waals surface area contributed by atoms with E-state index < -0.39 is 27.7 Å². The highest BCUT2D eigenvalue weighted by molar-refractivity contribution is 7.89. The fourth-order valence-electron chi connectivity index (χ4n) is 3.58. The molecule has 162 valence electrons. The Bertz CT molecular complexity index is 1150. The number of anilines is 1. The fraction of sp³-hybridized carbons (Fsp3) is 0.286. The van der Waals surface area contributed by atoms with Crippen LogP contribution in [0.15, 0.2) is 47.4 Å². The standard InChI is InChI=1S/C21H21N3O6S/c1-24(12-15-3-2-10-30-15)31(28,29)16-7-4-13(5-8-16)19(25)22-14-6-9-17-18(11-14)21(27)23-20(17)26/h4-9,11,15H,2-3,10,12H2,1H3,(H,22,25)(H,23,26,27)/t15-/m1/s1. The van der Waals surface area contributed by atoms with Crippen LogP contribution in [0.3, 0.4) is 0 Å². The maximum atomic E-state index is 12.8. The van der Waals surface area contributed by atoms with Gasteiger partial charge in [-0.3, -0.25) is 19.7 Å². The summed E-state index contributed by atoms with van der Waals surface area (Å²) in [7, 11) is -2.19.